The fraction of sp³-hybridized carbons (Fsp3) is 0.500. The lowest BCUT2D eigenvalue weighted by Crippen LogP contribution is -2.58. The molecule has 1 aromatic carbocycles. The number of amides is 1. The quantitative estimate of drug-likeness (QED) is 0.276. The van der Waals surface area contributed by atoms with E-state index in [2.05, 4.69) is 62.0 Å². The van der Waals surface area contributed by atoms with Gasteiger partial charge in [-0.2, -0.15) is 0 Å². The molecule has 2 aliphatic carbocycles. The van der Waals surface area contributed by atoms with Gasteiger partial charge in [-0.05, 0) is 102 Å². The molecule has 3 aromatic heterocycles. The third kappa shape index (κ3) is 4.25. The van der Waals surface area contributed by atoms with E-state index in [0.717, 1.165) is 84.3 Å². The second kappa shape index (κ2) is 10.6. The van der Waals surface area contributed by atoms with Crippen LogP contribution in [0, 0.1) is 11.7 Å². The molecule has 0 radical (unpaired) electrons. The third-order valence-electron chi connectivity index (χ3n) is 11.7. The van der Waals surface area contributed by atoms with Crippen LogP contribution in [0.3, 0.4) is 0 Å². The van der Waals surface area contributed by atoms with Crippen molar-refractivity contribution >= 4 is 34.1 Å². The zero-order chi connectivity index (χ0) is 31.2. The number of imidazole rings is 1. The predicted molar refractivity (Wildman–Crippen MR) is 177 cm³/mol. The summed E-state index contributed by atoms with van der Waals surface area (Å²) in [6, 6.07) is 11.8. The van der Waals surface area contributed by atoms with Crippen molar-refractivity contribution in [3.05, 3.63) is 60.4 Å². The normalized spacial score (nSPS) is 26.8. The minimum atomic E-state index is -0.462. The number of anilines is 3. The molecule has 3 aliphatic heterocycles. The second-order valence-corrected chi connectivity index (χ2v) is 14.5. The number of pyridine rings is 2. The Morgan fingerprint density at radius 3 is 2.63 bits per heavy atom. The van der Waals surface area contributed by atoms with Crippen molar-refractivity contribution in [3.8, 4) is 11.3 Å². The van der Waals surface area contributed by atoms with Crippen LogP contribution in [-0.2, 0) is 10.2 Å². The number of benzene rings is 1. The average Bonchev–Trinajstić information content (AvgIpc) is 3.83. The number of carbonyl (C=O) groups excluding carboxylic acids is 1. The minimum Gasteiger partial charge on any atom is -0.336 e. The molecule has 2 N–H and O–H groups in total. The number of carbonyl (C=O) groups is 1. The number of nitrogens with zero attached hydrogens (tertiary/aromatic N) is 6. The van der Waals surface area contributed by atoms with E-state index in [9.17, 15) is 9.18 Å². The molecule has 46 heavy (non-hydrogen) atoms. The van der Waals surface area contributed by atoms with Crippen molar-refractivity contribution in [1.82, 2.24) is 29.7 Å². The molecule has 1 amide bonds. The molecule has 2 bridgehead atoms. The fourth-order valence-electron chi connectivity index (χ4n) is 9.19. The van der Waals surface area contributed by atoms with E-state index in [4.69, 9.17) is 9.97 Å². The standard InChI is InChI=1S/C36H41FN8O/c1-21(2)44-20-40-31-17-30(42-34(33(31)44)41-29-7-10-39-18-28(29)37)23-4-6-27-32(14-23)45(35(46)36(27)8-11-38-12-9-36)26-15-25(16-26)43-19-22-3-5-24(43)13-22/h4,6-7,10,14,17-18,20-22,24-26,38H,3,5,8-9,11-13,15-16,19H2,1-2H3,(H,39,41,42)/t22-,24+,25-,26+/m0/s1. The fourth-order valence-corrected chi connectivity index (χ4v) is 9.19. The van der Waals surface area contributed by atoms with Crippen LogP contribution in [0.25, 0.3) is 22.3 Å². The van der Waals surface area contributed by atoms with Crippen LogP contribution in [-0.4, -0.2) is 68.1 Å². The first kappa shape index (κ1) is 28.3. The van der Waals surface area contributed by atoms with Crippen molar-refractivity contribution in [2.75, 3.05) is 29.9 Å². The van der Waals surface area contributed by atoms with Gasteiger partial charge in [0, 0.05) is 48.2 Å². The molecule has 1 spiro atoms. The first-order valence-electron chi connectivity index (χ1n) is 17.1. The van der Waals surface area contributed by atoms with Gasteiger partial charge in [0.1, 0.15) is 5.52 Å². The molecular formula is C36H41FN8O. The van der Waals surface area contributed by atoms with Gasteiger partial charge in [-0.1, -0.05) is 12.1 Å². The SMILES string of the molecule is CC(C)n1cnc2cc(-c3ccc4c(c3)N([C@H]3C[C@@H](N5C[C@H]6CC[C@@H]5C6)C3)C(=O)C43CCNCC3)nc(Nc3ccncc3F)c21. The largest absolute Gasteiger partial charge is 0.336 e. The van der Waals surface area contributed by atoms with Crippen LogP contribution < -0.4 is 15.5 Å². The van der Waals surface area contributed by atoms with E-state index in [-0.39, 0.29) is 18.0 Å². The second-order valence-electron chi connectivity index (χ2n) is 14.5. The highest BCUT2D eigenvalue weighted by Gasteiger charge is 2.55. The van der Waals surface area contributed by atoms with Crippen LogP contribution in [0.4, 0.5) is 21.6 Å². The summed E-state index contributed by atoms with van der Waals surface area (Å²) in [7, 11) is 0. The molecule has 2 saturated carbocycles. The molecule has 4 aromatic rings. The van der Waals surface area contributed by atoms with Crippen molar-refractivity contribution in [3.63, 3.8) is 0 Å². The van der Waals surface area contributed by atoms with Crippen molar-refractivity contribution in [2.45, 2.75) is 88.4 Å². The molecule has 5 aliphatic rings. The van der Waals surface area contributed by atoms with Crippen molar-refractivity contribution in [2.24, 2.45) is 5.92 Å². The number of hydrogen-bond donors (Lipinski definition) is 2. The van der Waals surface area contributed by atoms with Gasteiger partial charge in [0.05, 0.1) is 34.8 Å². The highest BCUT2D eigenvalue weighted by Crippen LogP contribution is 2.52. The van der Waals surface area contributed by atoms with E-state index in [1.165, 1.54) is 32.0 Å². The molecule has 2 atom stereocenters. The van der Waals surface area contributed by atoms with Gasteiger partial charge in [0.15, 0.2) is 11.6 Å². The Bertz CT molecular complexity index is 1840. The van der Waals surface area contributed by atoms with Crippen LogP contribution in [0.1, 0.15) is 70.4 Å². The van der Waals surface area contributed by atoms with Gasteiger partial charge in [-0.15, -0.1) is 0 Å². The van der Waals surface area contributed by atoms with Crippen LogP contribution in [0.5, 0.6) is 0 Å². The first-order valence-corrected chi connectivity index (χ1v) is 17.1. The number of fused-ring (bicyclic) bond motifs is 5. The number of likely N-dealkylation sites (tertiary alicyclic amines) is 1. The molecule has 2 saturated heterocycles. The highest BCUT2D eigenvalue weighted by molar-refractivity contribution is 6.09. The van der Waals surface area contributed by atoms with E-state index in [0.29, 0.717) is 17.5 Å². The first-order chi connectivity index (χ1) is 22.4. The summed E-state index contributed by atoms with van der Waals surface area (Å²) in [5, 5.41) is 6.72. The number of rotatable bonds is 6. The highest BCUT2D eigenvalue weighted by atomic mass is 19.1. The van der Waals surface area contributed by atoms with E-state index in [1.54, 1.807) is 12.3 Å². The van der Waals surface area contributed by atoms with Gasteiger partial charge < -0.3 is 20.1 Å². The number of halogens is 1. The molecule has 9 nitrogen and oxygen atoms in total. The Kier molecular flexibility index (Phi) is 6.51. The smallest absolute Gasteiger partial charge is 0.238 e. The predicted octanol–water partition coefficient (Wildman–Crippen LogP) is 5.94. The van der Waals surface area contributed by atoms with Crippen LogP contribution in [0.2, 0.25) is 0 Å². The molecule has 6 heterocycles. The maximum atomic E-state index is 14.8. The molecule has 238 valence electrons. The summed E-state index contributed by atoms with van der Waals surface area (Å²) in [6.45, 7) is 7.12. The van der Waals surface area contributed by atoms with Gasteiger partial charge in [0.25, 0.3) is 0 Å². The summed E-state index contributed by atoms with van der Waals surface area (Å²) in [5.41, 5.74) is 5.30. The maximum absolute atomic E-state index is 14.8. The summed E-state index contributed by atoms with van der Waals surface area (Å²) >= 11 is 0. The lowest BCUT2D eigenvalue weighted by Gasteiger charge is -2.48. The summed E-state index contributed by atoms with van der Waals surface area (Å²) < 4.78 is 16.8. The Labute approximate surface area is 268 Å². The summed E-state index contributed by atoms with van der Waals surface area (Å²) in [4.78, 5) is 33.2. The zero-order valence-electron chi connectivity index (χ0n) is 26.5. The molecule has 0 unspecified atom stereocenters. The molecule has 4 fully saturated rings. The Hall–Kier alpha value is -3.89. The lowest BCUT2D eigenvalue weighted by molar-refractivity contribution is -0.125. The average molecular weight is 621 g/mol. The van der Waals surface area contributed by atoms with Crippen LogP contribution in [0.15, 0.2) is 49.1 Å². The van der Waals surface area contributed by atoms with Crippen molar-refractivity contribution < 1.29 is 9.18 Å². The summed E-state index contributed by atoms with van der Waals surface area (Å²) in [6.07, 6.45) is 12.4. The van der Waals surface area contributed by atoms with Gasteiger partial charge in [0.2, 0.25) is 5.91 Å². The van der Waals surface area contributed by atoms with Crippen molar-refractivity contribution in [1.29, 1.82) is 0 Å². The Morgan fingerprint density at radius 2 is 1.89 bits per heavy atom. The molecular weight excluding hydrogens is 579 g/mol. The number of piperidine rings is 2. The maximum Gasteiger partial charge on any atom is 0.238 e. The monoisotopic (exact) mass is 620 g/mol. The number of nitrogens with one attached hydrogen (secondary N) is 2. The molecule has 9 rings (SSSR count). The van der Waals surface area contributed by atoms with Crippen LogP contribution >= 0.6 is 0 Å². The third-order valence-corrected chi connectivity index (χ3v) is 11.7. The van der Waals surface area contributed by atoms with Gasteiger partial charge in [-0.25, -0.2) is 14.4 Å². The molecule has 10 heteroatoms. The van der Waals surface area contributed by atoms with Gasteiger partial charge >= 0.3 is 0 Å². The lowest BCUT2D eigenvalue weighted by atomic mass is 9.74. The Balaban J connectivity index is 1.11. The van der Waals surface area contributed by atoms with E-state index < -0.39 is 11.2 Å². The summed E-state index contributed by atoms with van der Waals surface area (Å²) in [5.74, 6) is 1.25. The number of aromatic nitrogens is 4. The van der Waals surface area contributed by atoms with Gasteiger partial charge in [-0.3, -0.25) is 14.7 Å². The number of hydrogen-bond acceptors (Lipinski definition) is 7. The van der Waals surface area contributed by atoms with E-state index >= 15 is 0 Å². The zero-order valence-corrected chi connectivity index (χ0v) is 26.5. The topological polar surface area (TPSA) is 91.2 Å². The Morgan fingerprint density at radius 1 is 1.04 bits per heavy atom. The minimum absolute atomic E-state index is 0.142. The van der Waals surface area contributed by atoms with E-state index in [1.807, 2.05) is 12.4 Å².